The van der Waals surface area contributed by atoms with Crippen molar-refractivity contribution in [2.75, 3.05) is 9.80 Å². The van der Waals surface area contributed by atoms with Gasteiger partial charge in [0.1, 0.15) is 0 Å². The Labute approximate surface area is 475 Å². The van der Waals surface area contributed by atoms with Crippen LogP contribution in [0.4, 0.5) is 34.1 Å². The number of fused-ring (bicyclic) bond motifs is 7. The Kier molecular flexibility index (Phi) is 11.9. The van der Waals surface area contributed by atoms with Crippen LogP contribution in [0.15, 0.2) is 218 Å². The fraction of sp³-hybridized carbons (Fsp3) is 0.211. The number of benzene rings is 10. The van der Waals surface area contributed by atoms with Gasteiger partial charge in [-0.2, -0.15) is 0 Å². The van der Waals surface area contributed by atoms with E-state index in [1.54, 1.807) is 0 Å². The van der Waals surface area contributed by atoms with Crippen molar-refractivity contribution >= 4 is 79.0 Å². The zero-order valence-electron chi connectivity index (χ0n) is 48.7. The number of hydrogen-bond donors (Lipinski definition) is 0. The van der Waals surface area contributed by atoms with E-state index in [0.29, 0.717) is 0 Å². The third-order valence-corrected chi connectivity index (χ3v) is 17.1. The second kappa shape index (κ2) is 18.6. The highest BCUT2D eigenvalue weighted by molar-refractivity contribution is 7.00. The molecule has 0 aliphatic carbocycles. The third-order valence-electron chi connectivity index (χ3n) is 17.1. The predicted octanol–water partition coefficient (Wildman–Crippen LogP) is 19.1. The Hall–Kier alpha value is -8.34. The minimum atomic E-state index is -0.103. The fourth-order valence-electron chi connectivity index (χ4n) is 12.6. The van der Waals surface area contributed by atoms with Crippen LogP contribution in [0.5, 0.6) is 0 Å². The largest absolute Gasteiger partial charge is 0.311 e. The van der Waals surface area contributed by atoms with Gasteiger partial charge in [-0.05, 0) is 173 Å². The molecular weight excluding hydrogens is 966 g/mol. The maximum absolute atomic E-state index is 2.65. The van der Waals surface area contributed by atoms with E-state index in [1.165, 1.54) is 128 Å². The van der Waals surface area contributed by atoms with Crippen molar-refractivity contribution in [3.63, 3.8) is 0 Å². The summed E-state index contributed by atoms with van der Waals surface area (Å²) in [6.45, 7) is 28.2. The number of hydrogen-bond acceptors (Lipinski definition) is 2. The Morgan fingerprint density at radius 3 is 1.10 bits per heavy atom. The highest BCUT2D eigenvalue weighted by Gasteiger charge is 2.45. The van der Waals surface area contributed by atoms with Gasteiger partial charge in [-0.15, -0.1) is 0 Å². The standard InChI is InChI=1S/C76H72BN3/c1-73(2,3)55-43-56(74(4,5)6)46-60(45-55)79-68-39-52(49-24-16-13-17-25-49)32-35-64(68)77-65-36-33-53(50-26-18-14-19-27-50)40-69(65)80(61-47-57(75(7,8)9)44-58(48-61)76(10,11)12)71-42-54(41-70(79)72(71)77)51-34-37-67-63(38-51)62-30-22-23-31-66(62)78(67)59-28-20-15-21-29-59/h13-48H,1-12H3. The summed E-state index contributed by atoms with van der Waals surface area (Å²) < 4.78 is 2.42. The SMILES string of the molecule is CC(C)(C)c1cc(N2c3cc(-c4ccccc4)ccc3B3c4ccc(-c5ccccc5)cc4N(c4cc(C(C)(C)C)cc(C(C)(C)C)c4)c4cc(-c5ccc6c(c5)c5ccccc5n6-c5ccccc5)cc2c43)cc(C(C)(C)C)c1. The number of rotatable bonds is 6. The molecule has 0 saturated heterocycles. The molecule has 0 atom stereocenters. The molecule has 0 unspecified atom stereocenters. The van der Waals surface area contributed by atoms with Crippen LogP contribution in [0.25, 0.3) is 60.9 Å². The molecule has 10 aromatic carbocycles. The van der Waals surface area contributed by atoms with Crippen molar-refractivity contribution in [2.45, 2.75) is 105 Å². The van der Waals surface area contributed by atoms with Crippen molar-refractivity contribution < 1.29 is 0 Å². The van der Waals surface area contributed by atoms with Gasteiger partial charge in [0.25, 0.3) is 6.71 Å². The van der Waals surface area contributed by atoms with E-state index in [9.17, 15) is 0 Å². The summed E-state index contributed by atoms with van der Waals surface area (Å²) in [6, 6.07) is 83.3. The molecule has 1 aromatic heterocycles. The molecule has 0 spiro atoms. The van der Waals surface area contributed by atoms with Gasteiger partial charge in [0.05, 0.1) is 11.0 Å². The molecule has 13 rings (SSSR count). The molecule has 394 valence electrons. The third kappa shape index (κ3) is 8.76. The van der Waals surface area contributed by atoms with Crippen molar-refractivity contribution in [2.24, 2.45) is 0 Å². The first-order valence-electron chi connectivity index (χ1n) is 28.8. The summed E-state index contributed by atoms with van der Waals surface area (Å²) in [5.41, 5.74) is 26.6. The first kappa shape index (κ1) is 51.1. The smallest absolute Gasteiger partial charge is 0.252 e. The number of anilines is 6. The van der Waals surface area contributed by atoms with E-state index in [4.69, 9.17) is 0 Å². The quantitative estimate of drug-likeness (QED) is 0.154. The monoisotopic (exact) mass is 1040 g/mol. The summed E-state index contributed by atoms with van der Waals surface area (Å²) in [6.07, 6.45) is 0. The molecule has 11 aromatic rings. The molecule has 4 heteroatoms. The summed E-state index contributed by atoms with van der Waals surface area (Å²) >= 11 is 0. The Balaban J connectivity index is 1.18. The van der Waals surface area contributed by atoms with E-state index in [1.807, 2.05) is 0 Å². The number of nitrogens with zero attached hydrogens (tertiary/aromatic N) is 3. The second-order valence-electron chi connectivity index (χ2n) is 26.8. The van der Waals surface area contributed by atoms with Gasteiger partial charge in [-0.1, -0.05) is 223 Å². The molecule has 0 saturated carbocycles. The first-order chi connectivity index (χ1) is 38.2. The van der Waals surface area contributed by atoms with Gasteiger partial charge in [0, 0.05) is 50.6 Å². The molecule has 3 nitrogen and oxygen atoms in total. The van der Waals surface area contributed by atoms with Gasteiger partial charge in [0.2, 0.25) is 0 Å². The van der Waals surface area contributed by atoms with E-state index >= 15 is 0 Å². The van der Waals surface area contributed by atoms with Crippen molar-refractivity contribution in [3.8, 4) is 39.1 Å². The van der Waals surface area contributed by atoms with Gasteiger partial charge >= 0.3 is 0 Å². The van der Waals surface area contributed by atoms with Crippen LogP contribution in [0, 0.1) is 0 Å². The molecular formula is C76H72BN3. The number of para-hydroxylation sites is 2. The lowest BCUT2D eigenvalue weighted by Crippen LogP contribution is -2.61. The lowest BCUT2D eigenvalue weighted by molar-refractivity contribution is 0.568. The van der Waals surface area contributed by atoms with E-state index in [-0.39, 0.29) is 28.4 Å². The van der Waals surface area contributed by atoms with Crippen LogP contribution in [-0.4, -0.2) is 11.3 Å². The topological polar surface area (TPSA) is 11.4 Å². The Morgan fingerprint density at radius 1 is 0.275 bits per heavy atom. The normalized spacial score (nSPS) is 13.4. The molecule has 2 aliphatic rings. The zero-order chi connectivity index (χ0) is 55.6. The van der Waals surface area contributed by atoms with E-state index in [2.05, 4.69) is 316 Å². The summed E-state index contributed by atoms with van der Waals surface area (Å²) in [4.78, 5) is 5.30. The fourth-order valence-corrected chi connectivity index (χ4v) is 12.6. The summed E-state index contributed by atoms with van der Waals surface area (Å²) in [5.74, 6) is 0. The van der Waals surface area contributed by atoms with Crippen LogP contribution < -0.4 is 26.2 Å². The summed E-state index contributed by atoms with van der Waals surface area (Å²) in [5, 5.41) is 2.47. The van der Waals surface area contributed by atoms with Crippen LogP contribution in [0.2, 0.25) is 0 Å². The molecule has 2 aliphatic heterocycles. The number of aromatic nitrogens is 1. The predicted molar refractivity (Wildman–Crippen MR) is 346 cm³/mol. The van der Waals surface area contributed by atoms with Gasteiger partial charge in [-0.25, -0.2) is 0 Å². The van der Waals surface area contributed by atoms with E-state index < -0.39 is 0 Å². The van der Waals surface area contributed by atoms with Crippen LogP contribution >= 0.6 is 0 Å². The first-order valence-corrected chi connectivity index (χ1v) is 28.8. The zero-order valence-corrected chi connectivity index (χ0v) is 48.7. The minimum absolute atomic E-state index is 0.0757. The van der Waals surface area contributed by atoms with Crippen molar-refractivity contribution in [1.29, 1.82) is 0 Å². The Bertz CT molecular complexity index is 3960. The molecule has 0 bridgehead atoms. The maximum atomic E-state index is 2.65. The summed E-state index contributed by atoms with van der Waals surface area (Å²) in [7, 11) is 0. The molecule has 80 heavy (non-hydrogen) atoms. The molecule has 0 fully saturated rings. The van der Waals surface area contributed by atoms with Crippen molar-refractivity contribution in [3.05, 3.63) is 241 Å². The highest BCUT2D eigenvalue weighted by Crippen LogP contribution is 2.50. The van der Waals surface area contributed by atoms with E-state index in [0.717, 1.165) is 5.69 Å². The van der Waals surface area contributed by atoms with Crippen LogP contribution in [-0.2, 0) is 21.7 Å². The lowest BCUT2D eigenvalue weighted by Gasteiger charge is -2.45. The minimum Gasteiger partial charge on any atom is -0.311 e. The molecule has 0 amide bonds. The van der Waals surface area contributed by atoms with Crippen molar-refractivity contribution in [1.82, 2.24) is 4.57 Å². The average Bonchev–Trinajstić information content (AvgIpc) is 3.89. The lowest BCUT2D eigenvalue weighted by atomic mass is 9.33. The van der Waals surface area contributed by atoms with Crippen LogP contribution in [0.3, 0.4) is 0 Å². The molecule has 0 radical (unpaired) electrons. The van der Waals surface area contributed by atoms with Gasteiger partial charge in [-0.3, -0.25) is 0 Å². The van der Waals surface area contributed by atoms with Gasteiger partial charge in [0.15, 0.2) is 0 Å². The van der Waals surface area contributed by atoms with Gasteiger partial charge < -0.3 is 14.4 Å². The highest BCUT2D eigenvalue weighted by atomic mass is 15.2. The molecule has 0 N–H and O–H groups in total. The Morgan fingerprint density at radius 2 is 0.650 bits per heavy atom. The average molecular weight is 1040 g/mol. The second-order valence-corrected chi connectivity index (χ2v) is 26.8. The maximum Gasteiger partial charge on any atom is 0.252 e. The van der Waals surface area contributed by atoms with Crippen LogP contribution in [0.1, 0.15) is 105 Å². The molecule has 3 heterocycles.